The molecular formula is C12H24N2. The maximum Gasteiger partial charge on any atom is 0.0163 e. The van der Waals surface area contributed by atoms with Crippen LogP contribution in [0.15, 0.2) is 25.3 Å². The van der Waals surface area contributed by atoms with Crippen molar-refractivity contribution in [2.75, 3.05) is 19.6 Å². The van der Waals surface area contributed by atoms with Gasteiger partial charge in [0.05, 0.1) is 0 Å². The molecule has 0 saturated heterocycles. The SMILES string of the molecule is C=CCN(CC=C)CC[C@H](N)C(C)C. The van der Waals surface area contributed by atoms with E-state index in [-0.39, 0.29) is 0 Å². The Morgan fingerprint density at radius 3 is 2.07 bits per heavy atom. The molecule has 0 aliphatic carbocycles. The van der Waals surface area contributed by atoms with Crippen LogP contribution in [0.4, 0.5) is 0 Å². The van der Waals surface area contributed by atoms with E-state index in [1.807, 2.05) is 12.2 Å². The van der Waals surface area contributed by atoms with E-state index in [0.29, 0.717) is 12.0 Å². The van der Waals surface area contributed by atoms with Crippen LogP contribution < -0.4 is 5.73 Å². The van der Waals surface area contributed by atoms with Gasteiger partial charge in [-0.15, -0.1) is 13.2 Å². The molecule has 0 spiro atoms. The molecule has 0 radical (unpaired) electrons. The van der Waals surface area contributed by atoms with Gasteiger partial charge in [0.1, 0.15) is 0 Å². The van der Waals surface area contributed by atoms with Crippen molar-refractivity contribution in [2.45, 2.75) is 26.3 Å². The maximum atomic E-state index is 5.98. The number of nitrogens with zero attached hydrogens (tertiary/aromatic N) is 1. The minimum Gasteiger partial charge on any atom is -0.327 e. The summed E-state index contributed by atoms with van der Waals surface area (Å²) >= 11 is 0. The zero-order valence-electron chi connectivity index (χ0n) is 9.58. The Hall–Kier alpha value is -0.600. The van der Waals surface area contributed by atoms with E-state index in [4.69, 9.17) is 5.73 Å². The summed E-state index contributed by atoms with van der Waals surface area (Å²) in [7, 11) is 0. The fourth-order valence-electron chi connectivity index (χ4n) is 1.29. The van der Waals surface area contributed by atoms with Gasteiger partial charge in [-0.05, 0) is 12.3 Å². The van der Waals surface area contributed by atoms with Crippen LogP contribution in [0.5, 0.6) is 0 Å². The van der Waals surface area contributed by atoms with Crippen molar-refractivity contribution < 1.29 is 0 Å². The van der Waals surface area contributed by atoms with Crippen LogP contribution in [0.1, 0.15) is 20.3 Å². The first-order valence-electron chi connectivity index (χ1n) is 5.31. The molecular weight excluding hydrogens is 172 g/mol. The highest BCUT2D eigenvalue weighted by atomic mass is 15.1. The third-order valence-corrected chi connectivity index (χ3v) is 2.41. The number of hydrogen-bond donors (Lipinski definition) is 1. The van der Waals surface area contributed by atoms with Crippen molar-refractivity contribution in [1.29, 1.82) is 0 Å². The standard InChI is InChI=1S/C12H24N2/c1-5-8-14(9-6-2)10-7-12(13)11(3)4/h5-6,11-12H,1-2,7-10,13H2,3-4H3/t12-/m0/s1. The molecule has 1 atom stereocenters. The second-order valence-electron chi connectivity index (χ2n) is 4.03. The molecule has 0 aliphatic rings. The van der Waals surface area contributed by atoms with Gasteiger partial charge in [-0.2, -0.15) is 0 Å². The lowest BCUT2D eigenvalue weighted by Crippen LogP contribution is -2.33. The van der Waals surface area contributed by atoms with Gasteiger partial charge in [0.25, 0.3) is 0 Å². The normalized spacial score (nSPS) is 13.2. The van der Waals surface area contributed by atoms with Crippen molar-refractivity contribution in [3.05, 3.63) is 25.3 Å². The first-order chi connectivity index (χ1) is 6.61. The average molecular weight is 196 g/mol. The average Bonchev–Trinajstić information content (AvgIpc) is 2.14. The first kappa shape index (κ1) is 13.4. The van der Waals surface area contributed by atoms with Crippen molar-refractivity contribution in [2.24, 2.45) is 11.7 Å². The Morgan fingerprint density at radius 1 is 1.21 bits per heavy atom. The van der Waals surface area contributed by atoms with Gasteiger partial charge in [0.2, 0.25) is 0 Å². The fourth-order valence-corrected chi connectivity index (χ4v) is 1.29. The van der Waals surface area contributed by atoms with Crippen LogP contribution in [-0.2, 0) is 0 Å². The highest BCUT2D eigenvalue weighted by Gasteiger charge is 2.09. The molecule has 2 N–H and O–H groups in total. The minimum absolute atomic E-state index is 0.298. The quantitative estimate of drug-likeness (QED) is 0.602. The van der Waals surface area contributed by atoms with E-state index >= 15 is 0 Å². The first-order valence-corrected chi connectivity index (χ1v) is 5.31. The van der Waals surface area contributed by atoms with Crippen LogP contribution in [0.3, 0.4) is 0 Å². The Morgan fingerprint density at radius 2 is 1.71 bits per heavy atom. The van der Waals surface area contributed by atoms with E-state index in [1.54, 1.807) is 0 Å². The monoisotopic (exact) mass is 196 g/mol. The highest BCUT2D eigenvalue weighted by molar-refractivity contribution is 4.80. The molecule has 0 aromatic heterocycles. The molecule has 0 saturated carbocycles. The number of nitrogens with two attached hydrogens (primary N) is 1. The van der Waals surface area contributed by atoms with Gasteiger partial charge in [-0.3, -0.25) is 4.90 Å². The topological polar surface area (TPSA) is 29.3 Å². The summed E-state index contributed by atoms with van der Waals surface area (Å²) in [6, 6.07) is 0.298. The van der Waals surface area contributed by atoms with Crippen LogP contribution in [0.2, 0.25) is 0 Å². The predicted octanol–water partition coefficient (Wildman–Crippen LogP) is 2.03. The van der Waals surface area contributed by atoms with Crippen LogP contribution in [0.25, 0.3) is 0 Å². The zero-order chi connectivity index (χ0) is 11.0. The van der Waals surface area contributed by atoms with Gasteiger partial charge in [-0.1, -0.05) is 26.0 Å². The molecule has 0 aromatic rings. The molecule has 2 heteroatoms. The lowest BCUT2D eigenvalue weighted by Gasteiger charge is -2.22. The molecule has 0 fully saturated rings. The molecule has 0 aliphatic heterocycles. The largest absolute Gasteiger partial charge is 0.327 e. The van der Waals surface area contributed by atoms with Crippen molar-refractivity contribution in [1.82, 2.24) is 4.90 Å². The Kier molecular flexibility index (Phi) is 7.44. The van der Waals surface area contributed by atoms with Crippen LogP contribution >= 0.6 is 0 Å². The van der Waals surface area contributed by atoms with Gasteiger partial charge < -0.3 is 5.73 Å². The van der Waals surface area contributed by atoms with E-state index in [1.165, 1.54) is 0 Å². The Balaban J connectivity index is 3.79. The molecule has 0 amide bonds. The predicted molar refractivity (Wildman–Crippen MR) is 64.3 cm³/mol. The molecule has 2 nitrogen and oxygen atoms in total. The van der Waals surface area contributed by atoms with E-state index in [2.05, 4.69) is 31.9 Å². The Labute approximate surface area is 88.5 Å². The van der Waals surface area contributed by atoms with Gasteiger partial charge in [0.15, 0.2) is 0 Å². The van der Waals surface area contributed by atoms with E-state index in [9.17, 15) is 0 Å². The van der Waals surface area contributed by atoms with Gasteiger partial charge in [0, 0.05) is 25.7 Å². The molecule has 14 heavy (non-hydrogen) atoms. The van der Waals surface area contributed by atoms with E-state index in [0.717, 1.165) is 26.1 Å². The number of hydrogen-bond acceptors (Lipinski definition) is 2. The van der Waals surface area contributed by atoms with Crippen molar-refractivity contribution in [3.63, 3.8) is 0 Å². The highest BCUT2D eigenvalue weighted by Crippen LogP contribution is 2.04. The minimum atomic E-state index is 0.298. The second kappa shape index (κ2) is 7.77. The molecule has 82 valence electrons. The van der Waals surface area contributed by atoms with Crippen LogP contribution in [-0.4, -0.2) is 30.6 Å². The maximum absolute atomic E-state index is 5.98. The summed E-state index contributed by atoms with van der Waals surface area (Å²) in [5, 5.41) is 0. The van der Waals surface area contributed by atoms with E-state index < -0.39 is 0 Å². The Bertz CT molecular complexity index is 154. The second-order valence-corrected chi connectivity index (χ2v) is 4.03. The lowest BCUT2D eigenvalue weighted by atomic mass is 10.0. The molecule has 0 aromatic carbocycles. The van der Waals surface area contributed by atoms with Crippen LogP contribution in [0, 0.1) is 5.92 Å². The number of rotatable bonds is 8. The molecule has 0 bridgehead atoms. The summed E-state index contributed by atoms with van der Waals surface area (Å²) < 4.78 is 0. The lowest BCUT2D eigenvalue weighted by molar-refractivity contribution is 0.303. The molecule has 0 heterocycles. The summed E-state index contributed by atoms with van der Waals surface area (Å²) in [6.45, 7) is 14.7. The zero-order valence-corrected chi connectivity index (χ0v) is 9.58. The summed E-state index contributed by atoms with van der Waals surface area (Å²) in [4.78, 5) is 2.29. The summed E-state index contributed by atoms with van der Waals surface area (Å²) in [5.74, 6) is 0.560. The summed E-state index contributed by atoms with van der Waals surface area (Å²) in [6.07, 6.45) is 4.88. The summed E-state index contributed by atoms with van der Waals surface area (Å²) in [5.41, 5.74) is 5.98. The fraction of sp³-hybridized carbons (Fsp3) is 0.667. The smallest absolute Gasteiger partial charge is 0.0163 e. The third-order valence-electron chi connectivity index (χ3n) is 2.41. The van der Waals surface area contributed by atoms with Gasteiger partial charge in [-0.25, -0.2) is 0 Å². The van der Waals surface area contributed by atoms with Gasteiger partial charge >= 0.3 is 0 Å². The van der Waals surface area contributed by atoms with Crippen molar-refractivity contribution in [3.8, 4) is 0 Å². The third kappa shape index (κ3) is 5.95. The molecule has 0 unspecified atom stereocenters. The van der Waals surface area contributed by atoms with Crippen molar-refractivity contribution >= 4 is 0 Å². The molecule has 0 rings (SSSR count).